The van der Waals surface area contributed by atoms with Gasteiger partial charge in [-0.25, -0.2) is 0 Å². The van der Waals surface area contributed by atoms with Gasteiger partial charge in [-0.1, -0.05) is 33.2 Å². The van der Waals surface area contributed by atoms with Crippen molar-refractivity contribution in [3.63, 3.8) is 0 Å². The first-order valence-corrected chi connectivity index (χ1v) is 4.53. The summed E-state index contributed by atoms with van der Waals surface area (Å²) in [6, 6.07) is 7.70. The van der Waals surface area contributed by atoms with Crippen LogP contribution < -0.4 is 5.73 Å². The molecule has 0 radical (unpaired) electrons. The number of aromatic nitrogens is 1. The number of nitrogens with two attached hydrogens (primary N) is 1. The van der Waals surface area contributed by atoms with Gasteiger partial charge in [0, 0.05) is 10.0 Å². The van der Waals surface area contributed by atoms with Crippen molar-refractivity contribution >= 4 is 21.6 Å². The third-order valence-corrected chi connectivity index (χ3v) is 2.18. The Morgan fingerprint density at radius 1 is 1.38 bits per heavy atom. The second-order valence-corrected chi connectivity index (χ2v) is 3.54. The summed E-state index contributed by atoms with van der Waals surface area (Å²) in [5.74, 6) is 0.612. The van der Waals surface area contributed by atoms with Crippen molar-refractivity contribution < 1.29 is 4.52 Å². The standard InChI is InChI=1S/C9H7BrN2O/c10-7-3-1-2-6(4-7)9-8(11)5-12-13-9/h1-5H,11H2. The quantitative estimate of drug-likeness (QED) is 0.832. The topological polar surface area (TPSA) is 52.0 Å². The Bertz CT molecular complexity index is 425. The summed E-state index contributed by atoms with van der Waals surface area (Å²) in [5, 5.41) is 3.61. The highest BCUT2D eigenvalue weighted by atomic mass is 79.9. The number of benzene rings is 1. The summed E-state index contributed by atoms with van der Waals surface area (Å²) >= 11 is 3.37. The lowest BCUT2D eigenvalue weighted by atomic mass is 10.1. The molecule has 2 aromatic rings. The van der Waals surface area contributed by atoms with Crippen molar-refractivity contribution in [2.45, 2.75) is 0 Å². The Balaban J connectivity index is 2.53. The van der Waals surface area contributed by atoms with Crippen molar-refractivity contribution in [2.24, 2.45) is 0 Å². The number of halogens is 1. The monoisotopic (exact) mass is 238 g/mol. The molecule has 0 aliphatic heterocycles. The van der Waals surface area contributed by atoms with Crippen molar-refractivity contribution in [3.05, 3.63) is 34.9 Å². The highest BCUT2D eigenvalue weighted by Crippen LogP contribution is 2.27. The third-order valence-electron chi connectivity index (χ3n) is 1.68. The summed E-state index contributed by atoms with van der Waals surface area (Å²) in [7, 11) is 0. The first-order chi connectivity index (χ1) is 6.27. The van der Waals surface area contributed by atoms with Gasteiger partial charge in [0.25, 0.3) is 0 Å². The maximum absolute atomic E-state index is 5.65. The van der Waals surface area contributed by atoms with E-state index in [1.165, 1.54) is 6.20 Å². The number of hydrogen-bond donors (Lipinski definition) is 1. The van der Waals surface area contributed by atoms with Gasteiger partial charge in [0.15, 0.2) is 5.76 Å². The van der Waals surface area contributed by atoms with Crippen LogP contribution in [0.15, 0.2) is 39.5 Å². The molecular formula is C9H7BrN2O. The molecule has 66 valence electrons. The van der Waals surface area contributed by atoms with Gasteiger partial charge < -0.3 is 10.3 Å². The van der Waals surface area contributed by atoms with E-state index in [0.717, 1.165) is 10.0 Å². The van der Waals surface area contributed by atoms with Crippen molar-refractivity contribution in [1.29, 1.82) is 0 Å². The van der Waals surface area contributed by atoms with E-state index in [4.69, 9.17) is 10.3 Å². The molecule has 3 nitrogen and oxygen atoms in total. The maximum Gasteiger partial charge on any atom is 0.189 e. The summed E-state index contributed by atoms with van der Waals surface area (Å²) in [5.41, 5.74) is 7.13. The minimum absolute atomic E-state index is 0.554. The van der Waals surface area contributed by atoms with Gasteiger partial charge in [-0.05, 0) is 12.1 Å². The molecular weight excluding hydrogens is 232 g/mol. The molecule has 0 aliphatic rings. The zero-order valence-corrected chi connectivity index (χ0v) is 8.28. The van der Waals surface area contributed by atoms with Crippen LogP contribution in [0.5, 0.6) is 0 Å². The molecule has 2 rings (SSSR count). The van der Waals surface area contributed by atoms with E-state index in [1.807, 2.05) is 24.3 Å². The highest BCUT2D eigenvalue weighted by Gasteiger charge is 2.06. The van der Waals surface area contributed by atoms with E-state index in [1.54, 1.807) is 0 Å². The number of nitrogens with zero attached hydrogens (tertiary/aromatic N) is 1. The van der Waals surface area contributed by atoms with E-state index >= 15 is 0 Å². The summed E-state index contributed by atoms with van der Waals surface area (Å²) in [6.07, 6.45) is 1.50. The summed E-state index contributed by atoms with van der Waals surface area (Å²) in [4.78, 5) is 0. The van der Waals surface area contributed by atoms with Gasteiger partial charge in [-0.2, -0.15) is 0 Å². The molecule has 0 bridgehead atoms. The fourth-order valence-electron chi connectivity index (χ4n) is 1.10. The Kier molecular flexibility index (Phi) is 2.06. The number of rotatable bonds is 1. The molecule has 0 saturated carbocycles. The fourth-order valence-corrected chi connectivity index (χ4v) is 1.50. The van der Waals surface area contributed by atoms with E-state index in [9.17, 15) is 0 Å². The molecule has 0 aliphatic carbocycles. The number of nitrogen functional groups attached to an aromatic ring is 1. The SMILES string of the molecule is Nc1cnoc1-c1cccc(Br)c1. The van der Waals surface area contributed by atoms with Gasteiger partial charge in [0.05, 0.1) is 6.20 Å². The van der Waals surface area contributed by atoms with Crippen LogP contribution in [0.3, 0.4) is 0 Å². The van der Waals surface area contributed by atoms with Crippen LogP contribution in [-0.4, -0.2) is 5.16 Å². The van der Waals surface area contributed by atoms with Gasteiger partial charge in [0.1, 0.15) is 5.69 Å². The molecule has 2 N–H and O–H groups in total. The number of hydrogen-bond acceptors (Lipinski definition) is 3. The minimum atomic E-state index is 0.554. The van der Waals surface area contributed by atoms with Crippen LogP contribution in [0.25, 0.3) is 11.3 Å². The Morgan fingerprint density at radius 2 is 2.23 bits per heavy atom. The average Bonchev–Trinajstić information content (AvgIpc) is 2.51. The predicted molar refractivity (Wildman–Crippen MR) is 54.1 cm³/mol. The van der Waals surface area contributed by atoms with Gasteiger partial charge >= 0.3 is 0 Å². The summed E-state index contributed by atoms with van der Waals surface area (Å²) < 4.78 is 6.00. The molecule has 0 fully saturated rings. The largest absolute Gasteiger partial charge is 0.394 e. The van der Waals surface area contributed by atoms with Crippen LogP contribution in [-0.2, 0) is 0 Å². The third kappa shape index (κ3) is 1.58. The smallest absolute Gasteiger partial charge is 0.189 e. The number of anilines is 1. The molecule has 0 spiro atoms. The average molecular weight is 239 g/mol. The van der Waals surface area contributed by atoms with Crippen LogP contribution >= 0.6 is 15.9 Å². The lowest BCUT2D eigenvalue weighted by molar-refractivity contribution is 0.432. The van der Waals surface area contributed by atoms with Crippen LogP contribution in [0.2, 0.25) is 0 Å². The Hall–Kier alpha value is -1.29. The van der Waals surface area contributed by atoms with Crippen molar-refractivity contribution in [2.75, 3.05) is 5.73 Å². The maximum atomic E-state index is 5.65. The molecule has 1 heterocycles. The normalized spacial score (nSPS) is 10.2. The summed E-state index contributed by atoms with van der Waals surface area (Å²) in [6.45, 7) is 0. The van der Waals surface area contributed by atoms with Crippen LogP contribution in [0.1, 0.15) is 0 Å². The molecule has 0 atom stereocenters. The second kappa shape index (κ2) is 3.22. The highest BCUT2D eigenvalue weighted by molar-refractivity contribution is 9.10. The lowest BCUT2D eigenvalue weighted by Crippen LogP contribution is -1.84. The second-order valence-electron chi connectivity index (χ2n) is 2.62. The minimum Gasteiger partial charge on any atom is -0.394 e. The van der Waals surface area contributed by atoms with Gasteiger partial charge in [-0.3, -0.25) is 0 Å². The van der Waals surface area contributed by atoms with E-state index in [0.29, 0.717) is 11.4 Å². The van der Waals surface area contributed by atoms with E-state index in [-0.39, 0.29) is 0 Å². The molecule has 13 heavy (non-hydrogen) atoms. The van der Waals surface area contributed by atoms with E-state index < -0.39 is 0 Å². The zero-order chi connectivity index (χ0) is 9.26. The molecule has 4 heteroatoms. The molecule has 0 amide bonds. The first kappa shape index (κ1) is 8.31. The Labute approximate surface area is 83.7 Å². The molecule has 0 saturated heterocycles. The Morgan fingerprint density at radius 3 is 2.85 bits per heavy atom. The molecule has 1 aromatic heterocycles. The van der Waals surface area contributed by atoms with Crippen molar-refractivity contribution in [3.8, 4) is 11.3 Å². The molecule has 1 aromatic carbocycles. The van der Waals surface area contributed by atoms with Crippen molar-refractivity contribution in [1.82, 2.24) is 5.16 Å². The van der Waals surface area contributed by atoms with E-state index in [2.05, 4.69) is 21.1 Å². The van der Waals surface area contributed by atoms with Crippen LogP contribution in [0, 0.1) is 0 Å². The first-order valence-electron chi connectivity index (χ1n) is 3.73. The predicted octanol–water partition coefficient (Wildman–Crippen LogP) is 2.69. The fraction of sp³-hybridized carbons (Fsp3) is 0. The molecule has 0 unspecified atom stereocenters. The zero-order valence-electron chi connectivity index (χ0n) is 6.70. The van der Waals surface area contributed by atoms with Gasteiger partial charge in [-0.15, -0.1) is 0 Å². The van der Waals surface area contributed by atoms with Gasteiger partial charge in [0.2, 0.25) is 0 Å². The van der Waals surface area contributed by atoms with Crippen LogP contribution in [0.4, 0.5) is 5.69 Å². The lowest BCUT2D eigenvalue weighted by Gasteiger charge is -1.97.